The molecule has 0 saturated carbocycles. The van der Waals surface area contributed by atoms with Crippen LogP contribution in [0.25, 0.3) is 0 Å². The van der Waals surface area contributed by atoms with Gasteiger partial charge in [-0.25, -0.2) is 0 Å². The van der Waals surface area contributed by atoms with Crippen LogP contribution in [-0.2, 0) is 11.3 Å². The fourth-order valence-electron chi connectivity index (χ4n) is 2.56. The largest absolute Gasteiger partial charge is 0.476 e. The van der Waals surface area contributed by atoms with Crippen molar-refractivity contribution in [1.82, 2.24) is 10.5 Å². The van der Waals surface area contributed by atoms with Gasteiger partial charge in [0.25, 0.3) is 5.91 Å². The summed E-state index contributed by atoms with van der Waals surface area (Å²) in [7, 11) is 0. The minimum absolute atomic E-state index is 0.213. The molecule has 1 heterocycles. The fourth-order valence-corrected chi connectivity index (χ4v) is 2.56. The number of para-hydroxylation sites is 1. The average molecular weight is 336 g/mol. The monoisotopic (exact) mass is 336 g/mol. The van der Waals surface area contributed by atoms with Gasteiger partial charge in [0.1, 0.15) is 11.5 Å². The Morgan fingerprint density at radius 1 is 1.08 bits per heavy atom. The molecule has 128 valence electrons. The second kappa shape index (κ2) is 7.66. The highest BCUT2D eigenvalue weighted by Gasteiger charge is 2.23. The Morgan fingerprint density at radius 2 is 1.72 bits per heavy atom. The molecule has 5 nitrogen and oxygen atoms in total. The van der Waals surface area contributed by atoms with E-state index in [0.29, 0.717) is 18.1 Å². The third-order valence-electron chi connectivity index (χ3n) is 3.96. The number of benzene rings is 2. The molecule has 3 aromatic rings. The Bertz CT molecular complexity index is 809. The molecule has 2 aromatic carbocycles. The van der Waals surface area contributed by atoms with Crippen molar-refractivity contribution in [1.29, 1.82) is 0 Å². The summed E-state index contributed by atoms with van der Waals surface area (Å²) in [4.78, 5) is 12.8. The molecule has 1 aromatic heterocycles. The first-order valence-electron chi connectivity index (χ1n) is 8.11. The smallest absolute Gasteiger partial charge is 0.266 e. The van der Waals surface area contributed by atoms with Gasteiger partial charge in [0.2, 0.25) is 6.10 Å². The van der Waals surface area contributed by atoms with Crippen molar-refractivity contribution in [2.75, 3.05) is 0 Å². The third-order valence-corrected chi connectivity index (χ3v) is 3.96. The normalized spacial score (nSPS) is 11.8. The third kappa shape index (κ3) is 4.07. The molecule has 1 amide bonds. The number of carbonyl (C=O) groups is 1. The first-order chi connectivity index (χ1) is 12.1. The van der Waals surface area contributed by atoms with Gasteiger partial charge in [0.05, 0.1) is 5.69 Å². The lowest BCUT2D eigenvalue weighted by Crippen LogP contribution is -2.32. The number of hydrogen-bond acceptors (Lipinski definition) is 4. The van der Waals surface area contributed by atoms with Crippen molar-refractivity contribution in [2.45, 2.75) is 26.5 Å². The maximum atomic E-state index is 12.8. The Morgan fingerprint density at radius 3 is 2.32 bits per heavy atom. The topological polar surface area (TPSA) is 64.4 Å². The zero-order valence-corrected chi connectivity index (χ0v) is 14.2. The molecule has 25 heavy (non-hydrogen) atoms. The Hall–Kier alpha value is -3.08. The number of nitrogens with one attached hydrogen (secondary N) is 1. The molecule has 0 radical (unpaired) electrons. The van der Waals surface area contributed by atoms with Crippen LogP contribution < -0.4 is 10.1 Å². The SMILES string of the molecule is Cc1noc(C)c1CNC(=O)[C@@H](Oc1ccccc1)c1ccccc1. The summed E-state index contributed by atoms with van der Waals surface area (Å²) in [5.74, 6) is 1.14. The number of nitrogens with zero attached hydrogens (tertiary/aromatic N) is 1. The lowest BCUT2D eigenvalue weighted by atomic mass is 10.1. The summed E-state index contributed by atoms with van der Waals surface area (Å²) < 4.78 is 11.1. The van der Waals surface area contributed by atoms with Crippen molar-refractivity contribution in [3.8, 4) is 5.75 Å². The van der Waals surface area contributed by atoms with Gasteiger partial charge in [-0.2, -0.15) is 0 Å². The molecular formula is C20H20N2O3. The van der Waals surface area contributed by atoms with Gasteiger partial charge < -0.3 is 14.6 Å². The van der Waals surface area contributed by atoms with Crippen LogP contribution in [0, 0.1) is 13.8 Å². The molecule has 1 N–H and O–H groups in total. The quantitative estimate of drug-likeness (QED) is 0.745. The first-order valence-corrected chi connectivity index (χ1v) is 8.11. The number of aryl methyl sites for hydroxylation is 2. The molecule has 0 fully saturated rings. The van der Waals surface area contributed by atoms with Gasteiger partial charge in [-0.15, -0.1) is 0 Å². The van der Waals surface area contributed by atoms with E-state index >= 15 is 0 Å². The van der Waals surface area contributed by atoms with Crippen LogP contribution in [0.1, 0.15) is 28.7 Å². The number of rotatable bonds is 6. The Balaban J connectivity index is 1.77. The van der Waals surface area contributed by atoms with Crippen LogP contribution in [0.4, 0.5) is 0 Å². The summed E-state index contributed by atoms with van der Waals surface area (Å²) in [6.07, 6.45) is -0.732. The molecule has 0 saturated heterocycles. The van der Waals surface area contributed by atoms with Crippen molar-refractivity contribution in [2.24, 2.45) is 0 Å². The van der Waals surface area contributed by atoms with Crippen molar-refractivity contribution in [3.05, 3.63) is 83.2 Å². The van der Waals surface area contributed by atoms with Crippen LogP contribution in [0.3, 0.4) is 0 Å². The molecule has 0 unspecified atom stereocenters. The number of ether oxygens (including phenoxy) is 1. The van der Waals surface area contributed by atoms with E-state index in [1.54, 1.807) is 0 Å². The number of carbonyl (C=O) groups excluding carboxylic acids is 1. The highest BCUT2D eigenvalue weighted by molar-refractivity contribution is 5.82. The second-order valence-corrected chi connectivity index (χ2v) is 5.74. The van der Waals surface area contributed by atoms with Crippen LogP contribution in [0.5, 0.6) is 5.75 Å². The Kier molecular flexibility index (Phi) is 5.14. The summed E-state index contributed by atoms with van der Waals surface area (Å²) >= 11 is 0. The van der Waals surface area contributed by atoms with Crippen LogP contribution in [-0.4, -0.2) is 11.1 Å². The second-order valence-electron chi connectivity index (χ2n) is 5.74. The number of amides is 1. The standard InChI is InChI=1S/C20H20N2O3/c1-14-18(15(2)25-22-14)13-21-20(23)19(16-9-5-3-6-10-16)24-17-11-7-4-8-12-17/h3-12,19H,13H2,1-2H3,(H,21,23)/t19-/m0/s1. The van der Waals surface area contributed by atoms with Crippen molar-refractivity contribution >= 4 is 5.91 Å². The van der Waals surface area contributed by atoms with Gasteiger partial charge in [-0.05, 0) is 26.0 Å². The van der Waals surface area contributed by atoms with Crippen LogP contribution >= 0.6 is 0 Å². The van der Waals surface area contributed by atoms with Gasteiger partial charge >= 0.3 is 0 Å². The summed E-state index contributed by atoms with van der Waals surface area (Å²) in [5, 5.41) is 6.83. The summed E-state index contributed by atoms with van der Waals surface area (Å²) in [5.41, 5.74) is 2.46. The predicted molar refractivity (Wildman–Crippen MR) is 94.1 cm³/mol. The van der Waals surface area contributed by atoms with E-state index in [1.165, 1.54) is 0 Å². The van der Waals surface area contributed by atoms with Crippen molar-refractivity contribution < 1.29 is 14.1 Å². The Labute approximate surface area is 146 Å². The molecule has 0 aliphatic rings. The fraction of sp³-hybridized carbons (Fsp3) is 0.200. The van der Waals surface area contributed by atoms with Crippen LogP contribution in [0.15, 0.2) is 65.2 Å². The van der Waals surface area contributed by atoms with E-state index in [-0.39, 0.29) is 5.91 Å². The van der Waals surface area contributed by atoms with Gasteiger partial charge in [0, 0.05) is 17.7 Å². The lowest BCUT2D eigenvalue weighted by Gasteiger charge is -2.19. The van der Waals surface area contributed by atoms with E-state index in [9.17, 15) is 4.79 Å². The zero-order chi connectivity index (χ0) is 17.6. The highest BCUT2D eigenvalue weighted by atomic mass is 16.5. The lowest BCUT2D eigenvalue weighted by molar-refractivity contribution is -0.128. The van der Waals surface area contributed by atoms with Gasteiger partial charge in [0.15, 0.2) is 0 Å². The van der Waals surface area contributed by atoms with E-state index in [1.807, 2.05) is 74.5 Å². The zero-order valence-electron chi connectivity index (χ0n) is 14.2. The summed E-state index contributed by atoms with van der Waals surface area (Å²) in [6, 6.07) is 18.8. The van der Waals surface area contributed by atoms with E-state index in [0.717, 1.165) is 16.8 Å². The van der Waals surface area contributed by atoms with E-state index in [4.69, 9.17) is 9.26 Å². The van der Waals surface area contributed by atoms with Gasteiger partial charge in [-0.1, -0.05) is 53.7 Å². The van der Waals surface area contributed by atoms with Crippen LogP contribution in [0.2, 0.25) is 0 Å². The molecule has 0 aliphatic carbocycles. The molecule has 0 bridgehead atoms. The molecular weight excluding hydrogens is 316 g/mol. The maximum absolute atomic E-state index is 12.8. The molecule has 1 atom stereocenters. The maximum Gasteiger partial charge on any atom is 0.266 e. The molecule has 3 rings (SSSR count). The van der Waals surface area contributed by atoms with E-state index in [2.05, 4.69) is 10.5 Å². The molecule has 5 heteroatoms. The number of aromatic nitrogens is 1. The number of hydrogen-bond donors (Lipinski definition) is 1. The molecule has 0 spiro atoms. The first kappa shape index (κ1) is 16.8. The predicted octanol–water partition coefficient (Wildman–Crippen LogP) is 3.73. The minimum Gasteiger partial charge on any atom is -0.476 e. The van der Waals surface area contributed by atoms with E-state index < -0.39 is 6.10 Å². The summed E-state index contributed by atoms with van der Waals surface area (Å²) in [6.45, 7) is 4.03. The highest BCUT2D eigenvalue weighted by Crippen LogP contribution is 2.22. The van der Waals surface area contributed by atoms with Crippen molar-refractivity contribution in [3.63, 3.8) is 0 Å². The minimum atomic E-state index is -0.732. The average Bonchev–Trinajstić information content (AvgIpc) is 2.97. The van der Waals surface area contributed by atoms with Gasteiger partial charge in [-0.3, -0.25) is 4.79 Å². The molecule has 0 aliphatic heterocycles.